The minimum Gasteiger partial charge on any atom is -0.272 e. The van der Waals surface area contributed by atoms with E-state index in [0.717, 1.165) is 29.3 Å². The number of anilines is 1. The number of hydrogen-bond acceptors (Lipinski definition) is 2. The summed E-state index contributed by atoms with van der Waals surface area (Å²) in [5.41, 5.74) is -0.839. The second-order valence-corrected chi connectivity index (χ2v) is 7.75. The molecule has 0 aromatic heterocycles. The summed E-state index contributed by atoms with van der Waals surface area (Å²) in [6.45, 7) is -1.04. The molecule has 12 heteroatoms. The molecule has 0 radical (unpaired) electrons. The molecule has 3 nitrogen and oxygen atoms in total. The Morgan fingerprint density at radius 1 is 0.933 bits per heavy atom. The molecule has 1 saturated heterocycles. The van der Waals surface area contributed by atoms with E-state index in [-0.39, 0.29) is 32.9 Å². The number of benzene rings is 2. The van der Waals surface area contributed by atoms with Crippen LogP contribution in [0.25, 0.3) is 0 Å². The van der Waals surface area contributed by atoms with Gasteiger partial charge in [-0.3, -0.25) is 4.79 Å². The van der Waals surface area contributed by atoms with Crippen molar-refractivity contribution < 1.29 is 31.1 Å². The first-order valence-electron chi connectivity index (χ1n) is 8.25. The van der Waals surface area contributed by atoms with E-state index in [1.54, 1.807) is 0 Å². The molecular weight excluding hydrogens is 481 g/mol. The summed E-state index contributed by atoms with van der Waals surface area (Å²) in [4.78, 5) is 12.6. The molecule has 2 aromatic carbocycles. The molecule has 2 aromatic rings. The van der Waals surface area contributed by atoms with Gasteiger partial charge in [0.25, 0.3) is 5.91 Å². The molecule has 1 unspecified atom stereocenters. The number of hydrazine groups is 1. The van der Waals surface area contributed by atoms with Crippen molar-refractivity contribution in [1.82, 2.24) is 5.01 Å². The summed E-state index contributed by atoms with van der Waals surface area (Å²) in [7, 11) is 0. The molecular formula is C18H11Cl3F6N2O. The van der Waals surface area contributed by atoms with E-state index in [2.05, 4.69) is 0 Å². The van der Waals surface area contributed by atoms with E-state index in [1.807, 2.05) is 0 Å². The fourth-order valence-corrected chi connectivity index (χ4v) is 4.01. The van der Waals surface area contributed by atoms with Gasteiger partial charge in [-0.05, 0) is 29.8 Å². The van der Waals surface area contributed by atoms with Crippen LogP contribution in [-0.2, 0) is 17.5 Å². The second kappa shape index (κ2) is 8.11. The number of carbonyl (C=O) groups is 1. The molecule has 162 valence electrons. The molecule has 1 fully saturated rings. The molecule has 1 aliphatic rings. The lowest BCUT2D eigenvalue weighted by molar-refractivity contribution is -0.175. The highest BCUT2D eigenvalue weighted by Crippen LogP contribution is 2.43. The van der Waals surface area contributed by atoms with Crippen molar-refractivity contribution in [2.24, 2.45) is 5.92 Å². The second-order valence-electron chi connectivity index (χ2n) is 6.50. The minimum absolute atomic E-state index is 0.113. The summed E-state index contributed by atoms with van der Waals surface area (Å²) in [5, 5.41) is 1.55. The molecule has 1 heterocycles. The predicted octanol–water partition coefficient (Wildman–Crippen LogP) is 6.61. The maximum atomic E-state index is 13.4. The first-order valence-corrected chi connectivity index (χ1v) is 9.38. The Labute approximate surface area is 181 Å². The highest BCUT2D eigenvalue weighted by atomic mass is 35.5. The molecule has 0 saturated carbocycles. The molecule has 3 rings (SSSR count). The van der Waals surface area contributed by atoms with Crippen molar-refractivity contribution in [3.63, 3.8) is 0 Å². The quantitative estimate of drug-likeness (QED) is 0.451. The van der Waals surface area contributed by atoms with Crippen molar-refractivity contribution >= 4 is 46.4 Å². The predicted molar refractivity (Wildman–Crippen MR) is 100 cm³/mol. The smallest absolute Gasteiger partial charge is 0.272 e. The Kier molecular flexibility index (Phi) is 6.21. The fraction of sp³-hybridized carbons (Fsp3) is 0.278. The summed E-state index contributed by atoms with van der Waals surface area (Å²) < 4.78 is 78.3. The number of amides is 1. The molecule has 0 N–H and O–H groups in total. The Bertz CT molecular complexity index is 939. The number of halogens is 9. The van der Waals surface area contributed by atoms with Crippen LogP contribution in [0, 0.1) is 5.92 Å². The van der Waals surface area contributed by atoms with Gasteiger partial charge in [0.1, 0.15) is 5.92 Å². The molecule has 0 aliphatic carbocycles. The monoisotopic (exact) mass is 490 g/mol. The van der Waals surface area contributed by atoms with Crippen LogP contribution in [-0.4, -0.2) is 23.6 Å². The third kappa shape index (κ3) is 4.64. The van der Waals surface area contributed by atoms with Crippen molar-refractivity contribution in [3.05, 3.63) is 62.6 Å². The average Bonchev–Trinajstić information content (AvgIpc) is 2.91. The molecule has 30 heavy (non-hydrogen) atoms. The van der Waals surface area contributed by atoms with Crippen LogP contribution in [0.5, 0.6) is 0 Å². The first-order chi connectivity index (χ1) is 13.8. The van der Waals surface area contributed by atoms with Crippen molar-refractivity contribution in [2.45, 2.75) is 18.9 Å². The van der Waals surface area contributed by atoms with Crippen LogP contribution < -0.4 is 5.01 Å². The van der Waals surface area contributed by atoms with Crippen LogP contribution in [0.3, 0.4) is 0 Å². The summed E-state index contributed by atoms with van der Waals surface area (Å²) >= 11 is 18.0. The van der Waals surface area contributed by atoms with Crippen LogP contribution in [0.4, 0.5) is 32.0 Å². The maximum absolute atomic E-state index is 13.4. The summed E-state index contributed by atoms with van der Waals surface area (Å²) in [5.74, 6) is -3.66. The number of nitrogens with zero attached hydrogens (tertiary/aromatic N) is 2. The largest absolute Gasteiger partial charge is 0.416 e. The van der Waals surface area contributed by atoms with Crippen LogP contribution >= 0.6 is 34.8 Å². The van der Waals surface area contributed by atoms with Crippen LogP contribution in [0.2, 0.25) is 15.1 Å². The van der Waals surface area contributed by atoms with Crippen LogP contribution in [0.1, 0.15) is 11.1 Å². The van der Waals surface area contributed by atoms with E-state index in [4.69, 9.17) is 34.8 Å². The van der Waals surface area contributed by atoms with Crippen molar-refractivity contribution in [3.8, 4) is 0 Å². The molecule has 0 bridgehead atoms. The van der Waals surface area contributed by atoms with Gasteiger partial charge in [0, 0.05) is 18.1 Å². The number of hydrogen-bond donors (Lipinski definition) is 0. The molecule has 1 atom stereocenters. The van der Waals surface area contributed by atoms with Gasteiger partial charge in [-0.25, -0.2) is 10.0 Å². The lowest BCUT2D eigenvalue weighted by Crippen LogP contribution is -2.39. The van der Waals surface area contributed by atoms with E-state index in [1.165, 1.54) is 12.1 Å². The zero-order chi connectivity index (χ0) is 22.4. The molecule has 1 aliphatic heterocycles. The first kappa shape index (κ1) is 23.0. The minimum atomic E-state index is -4.84. The maximum Gasteiger partial charge on any atom is 0.416 e. The number of carbonyl (C=O) groups excluding carboxylic acids is 1. The molecule has 0 spiro atoms. The summed E-state index contributed by atoms with van der Waals surface area (Å²) in [6, 6.07) is 6.29. The van der Waals surface area contributed by atoms with Gasteiger partial charge in [0.15, 0.2) is 0 Å². The Hall–Kier alpha value is -1.68. The van der Waals surface area contributed by atoms with Gasteiger partial charge in [-0.1, -0.05) is 46.9 Å². The lowest BCUT2D eigenvalue weighted by Gasteiger charge is -2.29. The topological polar surface area (TPSA) is 23.6 Å². The average molecular weight is 492 g/mol. The highest BCUT2D eigenvalue weighted by Gasteiger charge is 2.54. The van der Waals surface area contributed by atoms with Crippen LogP contribution in [0.15, 0.2) is 36.4 Å². The highest BCUT2D eigenvalue weighted by molar-refractivity contribution is 6.42. The van der Waals surface area contributed by atoms with E-state index in [0.29, 0.717) is 5.01 Å². The van der Waals surface area contributed by atoms with Gasteiger partial charge >= 0.3 is 12.4 Å². The zero-order valence-corrected chi connectivity index (χ0v) is 16.9. The number of rotatable bonds is 3. The van der Waals surface area contributed by atoms with E-state index < -0.39 is 36.3 Å². The van der Waals surface area contributed by atoms with Gasteiger partial charge in [-0.15, -0.1) is 0 Å². The van der Waals surface area contributed by atoms with E-state index >= 15 is 0 Å². The SMILES string of the molecule is O=C1C(C(F)(F)F)CN(Cc2ccc(C(F)(F)F)cc2)N1c1c(Cl)cc(Cl)cc1Cl. The Balaban J connectivity index is 1.99. The third-order valence-corrected chi connectivity index (χ3v) is 5.21. The lowest BCUT2D eigenvalue weighted by atomic mass is 10.1. The normalized spacial score (nSPS) is 18.4. The van der Waals surface area contributed by atoms with E-state index in [9.17, 15) is 31.1 Å². The van der Waals surface area contributed by atoms with Crippen molar-refractivity contribution in [2.75, 3.05) is 11.6 Å². The Morgan fingerprint density at radius 2 is 1.47 bits per heavy atom. The van der Waals surface area contributed by atoms with Gasteiger partial charge in [0.05, 0.1) is 21.3 Å². The Morgan fingerprint density at radius 3 is 1.93 bits per heavy atom. The molecule has 1 amide bonds. The standard InChI is InChI=1S/C18H11Cl3F6N2O/c19-11-5-13(20)15(14(21)6-11)29-16(30)12(18(25,26)27)8-28(29)7-9-1-3-10(4-2-9)17(22,23)24/h1-6,12H,7-8H2. The number of alkyl halides is 6. The van der Waals surface area contributed by atoms with Gasteiger partial charge < -0.3 is 0 Å². The van der Waals surface area contributed by atoms with Crippen molar-refractivity contribution in [1.29, 1.82) is 0 Å². The third-order valence-electron chi connectivity index (χ3n) is 4.42. The summed E-state index contributed by atoms with van der Waals surface area (Å²) in [6.07, 6.45) is -9.39. The van der Waals surface area contributed by atoms with Gasteiger partial charge in [-0.2, -0.15) is 26.3 Å². The fourth-order valence-electron chi connectivity index (χ4n) is 3.03. The van der Waals surface area contributed by atoms with Gasteiger partial charge in [0.2, 0.25) is 0 Å². The zero-order valence-electron chi connectivity index (χ0n) is 14.7.